The second-order valence-corrected chi connectivity index (χ2v) is 15.0. The maximum atomic E-state index is 5.21. The van der Waals surface area contributed by atoms with Gasteiger partial charge in [-0.15, -0.1) is 15.3 Å². The van der Waals surface area contributed by atoms with Crippen molar-refractivity contribution in [2.45, 2.75) is 202 Å². The molecule has 1 fully saturated rings. The first kappa shape index (κ1) is 70.2. The van der Waals surface area contributed by atoms with Crippen LogP contribution in [0.1, 0.15) is 196 Å². The third-order valence-electron chi connectivity index (χ3n) is 8.40. The van der Waals surface area contributed by atoms with Crippen LogP contribution in [-0.2, 0) is 4.74 Å². The molecule has 1 aliphatic heterocycles. The van der Waals surface area contributed by atoms with Crippen molar-refractivity contribution >= 4 is 22.1 Å². The standard InChI is InChI=1S/2C9H11N3.C7H15NO.C6H10N2.2C5H9N3.6C2H6/c1-7(2)12-9-6-4-3-5-8(9)10-11-12;1-7(2)12-10-8-5-3-4-6-9(8)11-12;1-7(2)8-3-5-9-6-4-8;1-6(2)8-5-3-4-7-8;2*1-5(2)8-4-3-6-7-8;6*1-2/h2*3-7H,1-2H3;7H,3-6H2,1-2H3;3-6H,1-2H3;2*3-5H,1-2H3;6*1-2H3. The smallest absolute Gasteiger partial charge is 0.113 e. The number of ether oxygens (including phenoxy) is 1. The summed E-state index contributed by atoms with van der Waals surface area (Å²) in [4.78, 5) is 4.17. The molecule has 0 bridgehead atoms. The number of aromatic nitrogens is 14. The Hall–Kier alpha value is -5.35. The fourth-order valence-corrected chi connectivity index (χ4v) is 5.04. The molecule has 394 valence electrons. The molecule has 1 aliphatic rings. The van der Waals surface area contributed by atoms with E-state index in [1.165, 1.54) is 0 Å². The maximum absolute atomic E-state index is 5.21. The van der Waals surface area contributed by atoms with Gasteiger partial charge in [-0.3, -0.25) is 18.9 Å². The Labute approximate surface area is 420 Å². The molecule has 2 aromatic carbocycles. The van der Waals surface area contributed by atoms with E-state index in [4.69, 9.17) is 4.74 Å². The Bertz CT molecular complexity index is 1880. The van der Waals surface area contributed by atoms with Crippen molar-refractivity contribution in [1.82, 2.24) is 74.7 Å². The molecule has 69 heavy (non-hydrogen) atoms. The van der Waals surface area contributed by atoms with Crippen molar-refractivity contribution in [2.75, 3.05) is 26.3 Å². The number of hydrogen-bond acceptors (Lipinski definition) is 11. The Kier molecular flexibility index (Phi) is 47.2. The van der Waals surface area contributed by atoms with E-state index in [1.54, 1.807) is 32.8 Å². The lowest BCUT2D eigenvalue weighted by atomic mass is 10.3. The van der Waals surface area contributed by atoms with E-state index < -0.39 is 0 Å². The molecule has 16 heteroatoms. The van der Waals surface area contributed by atoms with Gasteiger partial charge in [-0.2, -0.15) is 20.1 Å². The van der Waals surface area contributed by atoms with Crippen LogP contribution in [0.5, 0.6) is 0 Å². The number of fused-ring (bicyclic) bond motifs is 2. The van der Waals surface area contributed by atoms with Crippen molar-refractivity contribution in [3.63, 3.8) is 0 Å². The highest BCUT2D eigenvalue weighted by molar-refractivity contribution is 5.74. The first-order valence-corrected chi connectivity index (χ1v) is 25.9. The summed E-state index contributed by atoms with van der Waals surface area (Å²) in [6.07, 6.45) is 10.8. The van der Waals surface area contributed by atoms with Gasteiger partial charge in [-0.1, -0.05) is 123 Å². The molecule has 0 spiro atoms. The highest BCUT2D eigenvalue weighted by atomic mass is 16.5. The molecule has 0 radical (unpaired) electrons. The van der Waals surface area contributed by atoms with Gasteiger partial charge in [0.05, 0.1) is 37.2 Å². The van der Waals surface area contributed by atoms with Gasteiger partial charge in [-0.05, 0) is 113 Å². The molecule has 7 aromatic rings. The number of hydrogen-bond donors (Lipinski definition) is 0. The molecule has 0 aliphatic carbocycles. The van der Waals surface area contributed by atoms with E-state index >= 15 is 0 Å². The van der Waals surface area contributed by atoms with Gasteiger partial charge >= 0.3 is 0 Å². The summed E-state index contributed by atoms with van der Waals surface area (Å²) in [5.41, 5.74) is 4.00. The molecule has 8 rings (SSSR count). The minimum atomic E-state index is 0.331. The lowest BCUT2D eigenvalue weighted by Gasteiger charge is -2.29. The zero-order chi connectivity index (χ0) is 53.7. The van der Waals surface area contributed by atoms with E-state index in [0.717, 1.165) is 48.4 Å². The predicted octanol–water partition coefficient (Wildman–Crippen LogP) is 14.1. The van der Waals surface area contributed by atoms with Crippen molar-refractivity contribution in [2.24, 2.45) is 0 Å². The second kappa shape index (κ2) is 46.4. The summed E-state index contributed by atoms with van der Waals surface area (Å²) < 4.78 is 12.7. The Balaban J connectivity index is -0.000000354. The molecule has 0 saturated carbocycles. The fraction of sp³-hybridized carbons (Fsp3) is 0.642. The zero-order valence-corrected chi connectivity index (χ0v) is 48.1. The van der Waals surface area contributed by atoms with E-state index in [-0.39, 0.29) is 0 Å². The summed E-state index contributed by atoms with van der Waals surface area (Å²) >= 11 is 0. The SMILES string of the molecule is CC.CC.CC.CC.CC.CC.CC(C)N1CCOCC1.CC(C)n1cccn1.CC(C)n1ccnn1.CC(C)n1ccnn1.CC(C)n1nc2ccccc2n1.CC(C)n1nnc2ccccc21. The van der Waals surface area contributed by atoms with Gasteiger partial charge in [0.2, 0.25) is 0 Å². The first-order valence-electron chi connectivity index (χ1n) is 25.9. The van der Waals surface area contributed by atoms with Gasteiger partial charge in [0.1, 0.15) is 16.6 Å². The molecule has 0 unspecified atom stereocenters. The first-order chi connectivity index (χ1) is 33.3. The van der Waals surface area contributed by atoms with Crippen LogP contribution < -0.4 is 0 Å². The number of nitrogens with zero attached hydrogens (tertiary/aromatic N) is 15. The Morgan fingerprint density at radius 3 is 1.13 bits per heavy atom. The van der Waals surface area contributed by atoms with Crippen molar-refractivity contribution < 1.29 is 4.74 Å². The second-order valence-electron chi connectivity index (χ2n) is 15.0. The molecule has 5 aromatic heterocycles. The van der Waals surface area contributed by atoms with Crippen LogP contribution >= 0.6 is 0 Å². The van der Waals surface area contributed by atoms with E-state index in [2.05, 4.69) is 134 Å². The van der Waals surface area contributed by atoms with Crippen LogP contribution in [0, 0.1) is 0 Å². The molecule has 16 nitrogen and oxygen atoms in total. The fourth-order valence-electron chi connectivity index (χ4n) is 5.04. The third kappa shape index (κ3) is 30.7. The number of para-hydroxylation sites is 1. The van der Waals surface area contributed by atoms with Crippen LogP contribution in [0.2, 0.25) is 0 Å². The molecule has 0 amide bonds. The van der Waals surface area contributed by atoms with E-state index in [1.807, 2.05) is 166 Å². The molecule has 6 heterocycles. The summed E-state index contributed by atoms with van der Waals surface area (Å²) in [6.45, 7) is 53.3. The lowest BCUT2D eigenvalue weighted by Crippen LogP contribution is -2.40. The van der Waals surface area contributed by atoms with E-state index in [0.29, 0.717) is 36.3 Å². The summed E-state index contributed by atoms with van der Waals surface area (Å²) in [7, 11) is 0. The largest absolute Gasteiger partial charge is 0.379 e. The van der Waals surface area contributed by atoms with Crippen molar-refractivity contribution in [1.29, 1.82) is 0 Å². The molecule has 1 saturated heterocycles. The molecule has 0 N–H and O–H groups in total. The average molecular weight is 964 g/mol. The minimum Gasteiger partial charge on any atom is -0.379 e. The topological polar surface area (TPSA) is 153 Å². The third-order valence-corrected chi connectivity index (χ3v) is 8.40. The summed E-state index contributed by atoms with van der Waals surface area (Å²) in [6, 6.07) is 20.6. The minimum absolute atomic E-state index is 0.331. The Morgan fingerprint density at radius 1 is 0.420 bits per heavy atom. The van der Waals surface area contributed by atoms with Crippen molar-refractivity contribution in [3.05, 3.63) is 91.8 Å². The highest BCUT2D eigenvalue weighted by Gasteiger charge is 2.12. The average Bonchev–Trinajstić information content (AvgIpc) is 4.26. The van der Waals surface area contributed by atoms with Crippen LogP contribution in [0.4, 0.5) is 0 Å². The number of morpholine rings is 1. The maximum Gasteiger partial charge on any atom is 0.113 e. The lowest BCUT2D eigenvalue weighted by molar-refractivity contribution is 0.0238. The van der Waals surface area contributed by atoms with Crippen LogP contribution in [0.25, 0.3) is 22.1 Å². The quantitative estimate of drug-likeness (QED) is 0.156. The van der Waals surface area contributed by atoms with Gasteiger partial charge in [0.25, 0.3) is 0 Å². The molecular weight excluding hydrogens is 863 g/mol. The van der Waals surface area contributed by atoms with E-state index in [9.17, 15) is 0 Å². The van der Waals surface area contributed by atoms with Gasteiger partial charge in [0, 0.05) is 68.1 Å². The van der Waals surface area contributed by atoms with Gasteiger partial charge in [0.15, 0.2) is 0 Å². The van der Waals surface area contributed by atoms with Crippen LogP contribution in [0.3, 0.4) is 0 Å². The number of rotatable bonds is 6. The summed E-state index contributed by atoms with van der Waals surface area (Å²) in [5.74, 6) is 0. The van der Waals surface area contributed by atoms with Gasteiger partial charge < -0.3 is 4.74 Å². The van der Waals surface area contributed by atoms with Gasteiger partial charge in [-0.25, -0.2) is 4.68 Å². The van der Waals surface area contributed by atoms with Crippen LogP contribution in [0.15, 0.2) is 91.8 Å². The summed E-state index contributed by atoms with van der Waals surface area (Å²) in [5, 5.41) is 35.7. The van der Waals surface area contributed by atoms with Crippen molar-refractivity contribution in [3.8, 4) is 0 Å². The monoisotopic (exact) mass is 964 g/mol. The Morgan fingerprint density at radius 2 is 0.841 bits per heavy atom. The molecular formula is C53H101N15O. The normalized spacial score (nSPS) is 11.0. The highest BCUT2D eigenvalue weighted by Crippen LogP contribution is 2.14. The predicted molar refractivity (Wildman–Crippen MR) is 295 cm³/mol. The zero-order valence-electron chi connectivity index (χ0n) is 48.1. The van der Waals surface area contributed by atoms with Crippen LogP contribution in [-0.4, -0.2) is 107 Å². The molecule has 0 atom stereocenters. The number of benzene rings is 2.